The van der Waals surface area contributed by atoms with E-state index in [1.54, 1.807) is 9.80 Å². The van der Waals surface area contributed by atoms with Crippen LogP contribution in [0.3, 0.4) is 0 Å². The number of hydrogen-bond acceptors (Lipinski definition) is 3. The topological polar surface area (TPSA) is 77.9 Å². The molecule has 3 aliphatic rings. The third-order valence-electron chi connectivity index (χ3n) is 5.84. The molecule has 4 unspecified atom stereocenters. The Morgan fingerprint density at radius 1 is 1.04 bits per heavy atom. The van der Waals surface area contributed by atoms with E-state index in [4.69, 9.17) is 0 Å². The van der Waals surface area contributed by atoms with Crippen LogP contribution < -0.4 is 0 Å². The van der Waals surface area contributed by atoms with Gasteiger partial charge in [-0.15, -0.1) is 0 Å². The van der Waals surface area contributed by atoms with Gasteiger partial charge in [0.05, 0.1) is 5.92 Å². The van der Waals surface area contributed by atoms with Gasteiger partial charge in [-0.3, -0.25) is 9.59 Å². The lowest BCUT2D eigenvalue weighted by molar-refractivity contribution is -0.153. The number of rotatable bonds is 2. The summed E-state index contributed by atoms with van der Waals surface area (Å²) in [6.07, 6.45) is 6.32. The number of carbonyl (C=O) groups is 3. The van der Waals surface area contributed by atoms with Crippen molar-refractivity contribution in [2.75, 3.05) is 13.1 Å². The molecule has 4 atom stereocenters. The van der Waals surface area contributed by atoms with Crippen molar-refractivity contribution >= 4 is 17.8 Å². The normalized spacial score (nSPS) is 34.1. The first-order chi connectivity index (χ1) is 11.0. The molecule has 0 aromatic heterocycles. The second-order valence-electron chi connectivity index (χ2n) is 7.25. The summed E-state index contributed by atoms with van der Waals surface area (Å²) >= 11 is 0. The van der Waals surface area contributed by atoms with Crippen LogP contribution >= 0.6 is 0 Å². The summed E-state index contributed by atoms with van der Waals surface area (Å²) in [6.45, 7) is 2.67. The van der Waals surface area contributed by atoms with Gasteiger partial charge in [-0.05, 0) is 38.0 Å². The van der Waals surface area contributed by atoms with Crippen LogP contribution in [0, 0.1) is 11.8 Å². The van der Waals surface area contributed by atoms with Crippen LogP contribution in [0.5, 0.6) is 0 Å². The molecule has 23 heavy (non-hydrogen) atoms. The number of carbonyl (C=O) groups excluding carboxylic acids is 2. The summed E-state index contributed by atoms with van der Waals surface area (Å²) in [4.78, 5) is 39.7. The molecule has 6 heteroatoms. The predicted octanol–water partition coefficient (Wildman–Crippen LogP) is 1.49. The van der Waals surface area contributed by atoms with Gasteiger partial charge in [0.25, 0.3) is 0 Å². The third kappa shape index (κ3) is 3.08. The lowest BCUT2D eigenvalue weighted by Gasteiger charge is -2.38. The van der Waals surface area contributed by atoms with Gasteiger partial charge in [-0.1, -0.05) is 12.8 Å². The SMILES string of the molecule is CC(=O)N1CCCC(C(=O)N2C(C(=O)O)CC3CCCCC32)C1. The number of carboxylic acid groups (broad SMARTS) is 1. The van der Waals surface area contributed by atoms with Crippen molar-refractivity contribution in [1.82, 2.24) is 9.80 Å². The number of amides is 2. The average molecular weight is 322 g/mol. The van der Waals surface area contributed by atoms with E-state index < -0.39 is 12.0 Å². The average Bonchev–Trinajstić information content (AvgIpc) is 2.94. The fourth-order valence-electron chi connectivity index (χ4n) is 4.67. The third-order valence-corrected chi connectivity index (χ3v) is 5.84. The molecule has 1 saturated carbocycles. The highest BCUT2D eigenvalue weighted by molar-refractivity contribution is 5.87. The molecule has 0 bridgehead atoms. The largest absolute Gasteiger partial charge is 0.480 e. The Bertz CT molecular complexity index is 507. The second kappa shape index (κ2) is 6.49. The molecular weight excluding hydrogens is 296 g/mol. The minimum absolute atomic E-state index is 0.00532. The van der Waals surface area contributed by atoms with Crippen molar-refractivity contribution in [2.24, 2.45) is 11.8 Å². The zero-order valence-electron chi connectivity index (χ0n) is 13.7. The lowest BCUT2D eigenvalue weighted by atomic mass is 9.84. The number of fused-ring (bicyclic) bond motifs is 1. The van der Waals surface area contributed by atoms with Crippen molar-refractivity contribution in [3.63, 3.8) is 0 Å². The van der Waals surface area contributed by atoms with Gasteiger partial charge in [0.15, 0.2) is 0 Å². The molecule has 0 aromatic carbocycles. The maximum Gasteiger partial charge on any atom is 0.326 e. The summed E-state index contributed by atoms with van der Waals surface area (Å²) < 4.78 is 0. The highest BCUT2D eigenvalue weighted by Crippen LogP contribution is 2.41. The maximum absolute atomic E-state index is 13.1. The second-order valence-corrected chi connectivity index (χ2v) is 7.25. The van der Waals surface area contributed by atoms with Gasteiger partial charge in [-0.25, -0.2) is 4.79 Å². The summed E-state index contributed by atoms with van der Waals surface area (Å²) in [5, 5.41) is 9.56. The van der Waals surface area contributed by atoms with Crippen LogP contribution in [-0.4, -0.2) is 57.9 Å². The van der Waals surface area contributed by atoms with Gasteiger partial charge in [0, 0.05) is 26.1 Å². The Morgan fingerprint density at radius 2 is 1.78 bits per heavy atom. The number of piperidine rings is 1. The van der Waals surface area contributed by atoms with Gasteiger partial charge in [0.1, 0.15) is 6.04 Å². The molecule has 6 nitrogen and oxygen atoms in total. The zero-order valence-corrected chi connectivity index (χ0v) is 13.7. The van der Waals surface area contributed by atoms with Crippen LogP contribution in [0.25, 0.3) is 0 Å². The van der Waals surface area contributed by atoms with Gasteiger partial charge >= 0.3 is 5.97 Å². The summed E-state index contributed by atoms with van der Waals surface area (Å²) in [7, 11) is 0. The quantitative estimate of drug-likeness (QED) is 0.835. The molecular formula is C17H26N2O4. The van der Waals surface area contributed by atoms with Gasteiger partial charge < -0.3 is 14.9 Å². The molecule has 0 spiro atoms. The molecule has 2 saturated heterocycles. The summed E-state index contributed by atoms with van der Waals surface area (Å²) in [5.74, 6) is -0.838. The van der Waals surface area contributed by atoms with Gasteiger partial charge in [-0.2, -0.15) is 0 Å². The monoisotopic (exact) mass is 322 g/mol. The maximum atomic E-state index is 13.1. The Hall–Kier alpha value is -1.59. The van der Waals surface area contributed by atoms with Gasteiger partial charge in [0.2, 0.25) is 11.8 Å². The van der Waals surface area contributed by atoms with Crippen LogP contribution in [-0.2, 0) is 14.4 Å². The lowest BCUT2D eigenvalue weighted by Crippen LogP contribution is -2.52. The van der Waals surface area contributed by atoms with Crippen LogP contribution in [0.1, 0.15) is 51.9 Å². The zero-order chi connectivity index (χ0) is 16.6. The Kier molecular flexibility index (Phi) is 4.60. The molecule has 0 radical (unpaired) electrons. The Morgan fingerprint density at radius 3 is 2.48 bits per heavy atom. The van der Waals surface area contributed by atoms with Crippen LogP contribution in [0.4, 0.5) is 0 Å². The molecule has 1 aliphatic carbocycles. The van der Waals surface area contributed by atoms with Crippen molar-refractivity contribution in [2.45, 2.75) is 64.0 Å². The van der Waals surface area contributed by atoms with E-state index in [0.717, 1.165) is 38.5 Å². The smallest absolute Gasteiger partial charge is 0.326 e. The van der Waals surface area contributed by atoms with E-state index in [-0.39, 0.29) is 23.8 Å². The minimum atomic E-state index is -0.882. The van der Waals surface area contributed by atoms with Crippen LogP contribution in [0.15, 0.2) is 0 Å². The van der Waals surface area contributed by atoms with Crippen molar-refractivity contribution in [3.05, 3.63) is 0 Å². The first kappa shape index (κ1) is 16.3. The van der Waals surface area contributed by atoms with E-state index in [2.05, 4.69) is 0 Å². The number of nitrogens with zero attached hydrogens (tertiary/aromatic N) is 2. The van der Waals surface area contributed by atoms with E-state index >= 15 is 0 Å². The molecule has 3 fully saturated rings. The molecule has 2 heterocycles. The molecule has 128 valence electrons. The highest BCUT2D eigenvalue weighted by atomic mass is 16.4. The minimum Gasteiger partial charge on any atom is -0.480 e. The predicted molar refractivity (Wildman–Crippen MR) is 83.6 cm³/mol. The van der Waals surface area contributed by atoms with E-state index in [1.807, 2.05) is 0 Å². The summed E-state index contributed by atoms with van der Waals surface area (Å²) in [6, 6.07) is -0.589. The fraction of sp³-hybridized carbons (Fsp3) is 0.824. The fourth-order valence-corrected chi connectivity index (χ4v) is 4.67. The van der Waals surface area contributed by atoms with Crippen LogP contribution in [0.2, 0.25) is 0 Å². The molecule has 3 rings (SSSR count). The molecule has 1 N–H and O–H groups in total. The standard InChI is InChI=1S/C17H26N2O4/c1-11(20)18-8-4-6-13(10-18)16(21)19-14-7-3-2-5-12(14)9-15(19)17(22)23/h12-15H,2-10H2,1H3,(H,22,23). The number of aliphatic carboxylic acids is 1. The highest BCUT2D eigenvalue weighted by Gasteiger charge is 2.49. The van der Waals surface area contributed by atoms with E-state index in [1.165, 1.54) is 6.92 Å². The molecule has 2 amide bonds. The van der Waals surface area contributed by atoms with E-state index in [0.29, 0.717) is 25.4 Å². The number of carboxylic acids is 1. The Balaban J connectivity index is 1.78. The van der Waals surface area contributed by atoms with E-state index in [9.17, 15) is 19.5 Å². The van der Waals surface area contributed by atoms with Crippen molar-refractivity contribution in [3.8, 4) is 0 Å². The summed E-state index contributed by atoms with van der Waals surface area (Å²) in [5.41, 5.74) is 0. The first-order valence-corrected chi connectivity index (χ1v) is 8.79. The molecule has 0 aromatic rings. The Labute approximate surface area is 136 Å². The first-order valence-electron chi connectivity index (χ1n) is 8.79. The number of likely N-dealkylation sites (tertiary alicyclic amines) is 2. The van der Waals surface area contributed by atoms with Crippen molar-refractivity contribution in [1.29, 1.82) is 0 Å². The number of hydrogen-bond donors (Lipinski definition) is 1. The molecule has 2 aliphatic heterocycles. The van der Waals surface area contributed by atoms with Crippen molar-refractivity contribution < 1.29 is 19.5 Å².